The molecule has 2 nitrogen and oxygen atoms in total. The lowest BCUT2D eigenvalue weighted by Gasteiger charge is -2.14. The summed E-state index contributed by atoms with van der Waals surface area (Å²) in [6, 6.07) is 8.30. The molecule has 1 atom stereocenters. The summed E-state index contributed by atoms with van der Waals surface area (Å²) in [4.78, 5) is 11.9. The van der Waals surface area contributed by atoms with Crippen LogP contribution >= 0.6 is 0 Å². The Morgan fingerprint density at radius 3 is 3.00 bits per heavy atom. The van der Waals surface area contributed by atoms with Crippen molar-refractivity contribution in [1.82, 2.24) is 0 Å². The molecule has 1 aliphatic carbocycles. The first-order valence-electron chi connectivity index (χ1n) is 6.16. The number of carbonyl (C=O) groups is 1. The van der Waals surface area contributed by atoms with E-state index in [0.29, 0.717) is 6.61 Å². The average Bonchev–Trinajstić information content (AvgIpc) is 2.78. The number of carbonyl (C=O) groups excluding carboxylic acids is 1. The predicted octanol–water partition coefficient (Wildman–Crippen LogP) is 3.35. The molecule has 90 valence electrons. The number of aryl methyl sites for hydroxylation is 1. The maximum absolute atomic E-state index is 11.9. The Kier molecular flexibility index (Phi) is 3.62. The molecular formula is C15H18O2. The summed E-state index contributed by atoms with van der Waals surface area (Å²) >= 11 is 0. The van der Waals surface area contributed by atoms with Crippen LogP contribution in [0.1, 0.15) is 30.9 Å². The molecule has 0 N–H and O–H groups in total. The van der Waals surface area contributed by atoms with Gasteiger partial charge in [0.15, 0.2) is 0 Å². The fourth-order valence-corrected chi connectivity index (χ4v) is 2.33. The minimum atomic E-state index is -0.0854. The lowest BCUT2D eigenvalue weighted by atomic mass is 9.94. The average molecular weight is 230 g/mol. The molecule has 17 heavy (non-hydrogen) atoms. The standard InChI is InChI=1S/C15H18O2/c1-3-17-15(16)14-9-5-8-13(14)12-7-4-6-11(2)10-12/h4,6-8,10,14H,3,5,9H2,1-2H3. The normalized spacial score (nSPS) is 18.9. The van der Waals surface area contributed by atoms with Gasteiger partial charge >= 0.3 is 5.97 Å². The second-order valence-electron chi connectivity index (χ2n) is 4.41. The van der Waals surface area contributed by atoms with Crippen molar-refractivity contribution in [1.29, 1.82) is 0 Å². The largest absolute Gasteiger partial charge is 0.466 e. The zero-order chi connectivity index (χ0) is 12.3. The Morgan fingerprint density at radius 2 is 2.29 bits per heavy atom. The topological polar surface area (TPSA) is 26.3 Å². The summed E-state index contributed by atoms with van der Waals surface area (Å²) in [5.74, 6) is -0.158. The van der Waals surface area contributed by atoms with Crippen molar-refractivity contribution in [3.05, 3.63) is 41.5 Å². The second-order valence-corrected chi connectivity index (χ2v) is 4.41. The van der Waals surface area contributed by atoms with Gasteiger partial charge in [-0.15, -0.1) is 0 Å². The number of allylic oxidation sites excluding steroid dienone is 1. The van der Waals surface area contributed by atoms with Crippen molar-refractivity contribution >= 4 is 11.5 Å². The third-order valence-electron chi connectivity index (χ3n) is 3.12. The molecule has 0 spiro atoms. The van der Waals surface area contributed by atoms with Gasteiger partial charge < -0.3 is 4.74 Å². The summed E-state index contributed by atoms with van der Waals surface area (Å²) in [5, 5.41) is 0. The highest BCUT2D eigenvalue weighted by molar-refractivity contribution is 5.89. The van der Waals surface area contributed by atoms with Gasteiger partial charge in [-0.1, -0.05) is 35.9 Å². The fourth-order valence-electron chi connectivity index (χ4n) is 2.33. The molecule has 1 aromatic carbocycles. The van der Waals surface area contributed by atoms with Gasteiger partial charge in [0.1, 0.15) is 0 Å². The Morgan fingerprint density at radius 1 is 1.47 bits per heavy atom. The third-order valence-corrected chi connectivity index (χ3v) is 3.12. The van der Waals surface area contributed by atoms with E-state index in [2.05, 4.69) is 31.2 Å². The molecule has 0 heterocycles. The first kappa shape index (κ1) is 11.9. The van der Waals surface area contributed by atoms with Crippen LogP contribution < -0.4 is 0 Å². The van der Waals surface area contributed by atoms with E-state index in [1.165, 1.54) is 5.56 Å². The van der Waals surface area contributed by atoms with Gasteiger partial charge in [-0.25, -0.2) is 0 Å². The first-order chi connectivity index (χ1) is 8.22. The van der Waals surface area contributed by atoms with Crippen LogP contribution in [0, 0.1) is 12.8 Å². The highest BCUT2D eigenvalue weighted by atomic mass is 16.5. The lowest BCUT2D eigenvalue weighted by molar-refractivity contribution is -0.145. The van der Waals surface area contributed by atoms with Crippen LogP contribution in [-0.4, -0.2) is 12.6 Å². The van der Waals surface area contributed by atoms with E-state index in [1.807, 2.05) is 13.0 Å². The van der Waals surface area contributed by atoms with E-state index >= 15 is 0 Å². The van der Waals surface area contributed by atoms with Crippen molar-refractivity contribution in [3.63, 3.8) is 0 Å². The molecule has 1 aromatic rings. The Hall–Kier alpha value is -1.57. The molecule has 0 amide bonds. The van der Waals surface area contributed by atoms with Crippen LogP contribution in [0.3, 0.4) is 0 Å². The van der Waals surface area contributed by atoms with Gasteiger partial charge in [-0.3, -0.25) is 4.79 Å². The van der Waals surface area contributed by atoms with Gasteiger partial charge in [0.2, 0.25) is 0 Å². The predicted molar refractivity (Wildman–Crippen MR) is 68.5 cm³/mol. The minimum Gasteiger partial charge on any atom is -0.466 e. The molecule has 2 rings (SSSR count). The molecule has 0 saturated heterocycles. The van der Waals surface area contributed by atoms with Crippen LogP contribution in [0.2, 0.25) is 0 Å². The molecule has 0 saturated carbocycles. The van der Waals surface area contributed by atoms with E-state index in [1.54, 1.807) is 0 Å². The van der Waals surface area contributed by atoms with Crippen molar-refractivity contribution in [3.8, 4) is 0 Å². The van der Waals surface area contributed by atoms with Crippen molar-refractivity contribution in [2.45, 2.75) is 26.7 Å². The number of hydrogen-bond donors (Lipinski definition) is 0. The summed E-state index contributed by atoms with van der Waals surface area (Å²) in [6.07, 6.45) is 4.01. The zero-order valence-corrected chi connectivity index (χ0v) is 10.4. The number of ether oxygens (including phenoxy) is 1. The van der Waals surface area contributed by atoms with E-state index in [-0.39, 0.29) is 11.9 Å². The molecular weight excluding hydrogens is 212 g/mol. The van der Waals surface area contributed by atoms with Crippen LogP contribution in [0.4, 0.5) is 0 Å². The highest BCUT2D eigenvalue weighted by Crippen LogP contribution is 2.34. The van der Waals surface area contributed by atoms with Crippen LogP contribution in [0.25, 0.3) is 5.57 Å². The van der Waals surface area contributed by atoms with E-state index in [0.717, 1.165) is 24.0 Å². The van der Waals surface area contributed by atoms with E-state index in [9.17, 15) is 4.79 Å². The van der Waals surface area contributed by atoms with Gasteiger partial charge in [-0.05, 0) is 37.8 Å². The number of hydrogen-bond acceptors (Lipinski definition) is 2. The molecule has 2 heteroatoms. The second kappa shape index (κ2) is 5.17. The molecule has 1 unspecified atom stereocenters. The van der Waals surface area contributed by atoms with Gasteiger partial charge in [0.25, 0.3) is 0 Å². The maximum Gasteiger partial charge on any atom is 0.313 e. The lowest BCUT2D eigenvalue weighted by Crippen LogP contribution is -2.16. The third kappa shape index (κ3) is 2.57. The minimum absolute atomic E-state index is 0.0725. The summed E-state index contributed by atoms with van der Waals surface area (Å²) in [7, 11) is 0. The molecule has 0 aromatic heterocycles. The summed E-state index contributed by atoms with van der Waals surface area (Å²) in [5.41, 5.74) is 3.51. The van der Waals surface area contributed by atoms with E-state index < -0.39 is 0 Å². The van der Waals surface area contributed by atoms with E-state index in [4.69, 9.17) is 4.74 Å². The monoisotopic (exact) mass is 230 g/mol. The van der Waals surface area contributed by atoms with Gasteiger partial charge in [0, 0.05) is 0 Å². The molecule has 0 fully saturated rings. The smallest absolute Gasteiger partial charge is 0.313 e. The van der Waals surface area contributed by atoms with Crippen molar-refractivity contribution in [2.75, 3.05) is 6.61 Å². The molecule has 0 bridgehead atoms. The SMILES string of the molecule is CCOC(=O)C1CCC=C1c1cccc(C)c1. The number of benzene rings is 1. The molecule has 1 aliphatic rings. The quantitative estimate of drug-likeness (QED) is 0.744. The number of esters is 1. The van der Waals surface area contributed by atoms with Gasteiger partial charge in [0.05, 0.1) is 12.5 Å². The van der Waals surface area contributed by atoms with Crippen molar-refractivity contribution < 1.29 is 9.53 Å². The molecule has 0 radical (unpaired) electrons. The van der Waals surface area contributed by atoms with Crippen LogP contribution in [0.15, 0.2) is 30.3 Å². The Balaban J connectivity index is 2.23. The fraction of sp³-hybridized carbons (Fsp3) is 0.400. The number of rotatable bonds is 3. The maximum atomic E-state index is 11.9. The summed E-state index contributed by atoms with van der Waals surface area (Å²) < 4.78 is 5.13. The van der Waals surface area contributed by atoms with Crippen molar-refractivity contribution in [2.24, 2.45) is 5.92 Å². The van der Waals surface area contributed by atoms with Gasteiger partial charge in [-0.2, -0.15) is 0 Å². The first-order valence-corrected chi connectivity index (χ1v) is 6.16. The Labute approximate surface area is 102 Å². The zero-order valence-electron chi connectivity index (χ0n) is 10.4. The summed E-state index contributed by atoms with van der Waals surface area (Å²) in [6.45, 7) is 4.37. The Bertz CT molecular complexity index is 446. The van der Waals surface area contributed by atoms with Crippen LogP contribution in [0.5, 0.6) is 0 Å². The van der Waals surface area contributed by atoms with Crippen LogP contribution in [-0.2, 0) is 9.53 Å². The molecule has 0 aliphatic heterocycles. The highest BCUT2D eigenvalue weighted by Gasteiger charge is 2.28.